The third-order valence-electron chi connectivity index (χ3n) is 6.12. The van der Waals surface area contributed by atoms with Crippen LogP contribution < -0.4 is 10.6 Å². The smallest absolute Gasteiger partial charge is 0.433 e. The Labute approximate surface area is 232 Å². The highest BCUT2D eigenvalue weighted by molar-refractivity contribution is 5.96. The van der Waals surface area contributed by atoms with Gasteiger partial charge in [-0.3, -0.25) is 9.69 Å². The summed E-state index contributed by atoms with van der Waals surface area (Å²) < 4.78 is 46.6. The van der Waals surface area contributed by atoms with Crippen LogP contribution in [0.2, 0.25) is 0 Å². The van der Waals surface area contributed by atoms with E-state index in [1.165, 1.54) is 27.7 Å². The van der Waals surface area contributed by atoms with Gasteiger partial charge in [0.1, 0.15) is 34.4 Å². The van der Waals surface area contributed by atoms with Crippen LogP contribution in [0, 0.1) is 0 Å². The number of pyridine rings is 2. The standard InChI is InChI=1S/C27H27F3N8O3/c1-26(2,3)41-25(40)37-13-5-9-19(37)24(39)34-21-15-16(11-12-31-21)32-23-18-8-6-14-38(18)36-22(35-23)17-7-4-10-20(33-17)27(28,29)30/h4,6-8,10-12,14-15,19H,5,9,13H2,1-3H3,(H2,31,32,34,35,36,39). The summed E-state index contributed by atoms with van der Waals surface area (Å²) in [6.45, 7) is 5.69. The Bertz CT molecular complexity index is 1600. The van der Waals surface area contributed by atoms with Crippen LogP contribution in [0.25, 0.3) is 17.0 Å². The molecule has 1 aliphatic heterocycles. The lowest BCUT2D eigenvalue weighted by Gasteiger charge is -2.28. The predicted molar refractivity (Wildman–Crippen MR) is 143 cm³/mol. The zero-order chi connectivity index (χ0) is 29.4. The quantitative estimate of drug-likeness (QED) is 0.333. The minimum absolute atomic E-state index is 0.0200. The van der Waals surface area contributed by atoms with Gasteiger partial charge in [0.25, 0.3) is 0 Å². The lowest BCUT2D eigenvalue weighted by molar-refractivity contribution is -0.141. The number of fused-ring (bicyclic) bond motifs is 1. The maximum atomic E-state index is 13.2. The molecular formula is C27H27F3N8O3. The maximum Gasteiger partial charge on any atom is 0.433 e. The van der Waals surface area contributed by atoms with Gasteiger partial charge in [0.15, 0.2) is 5.82 Å². The number of nitrogens with zero attached hydrogens (tertiary/aromatic N) is 6. The fourth-order valence-electron chi connectivity index (χ4n) is 4.35. The molecule has 0 aromatic carbocycles. The van der Waals surface area contributed by atoms with Gasteiger partial charge < -0.3 is 15.4 Å². The first-order valence-corrected chi connectivity index (χ1v) is 12.8. The minimum Gasteiger partial charge on any atom is -0.444 e. The lowest BCUT2D eigenvalue weighted by atomic mass is 10.2. The third kappa shape index (κ3) is 6.36. The van der Waals surface area contributed by atoms with E-state index in [0.29, 0.717) is 36.4 Å². The van der Waals surface area contributed by atoms with Crippen molar-refractivity contribution >= 4 is 34.8 Å². The van der Waals surface area contributed by atoms with Crippen LogP contribution in [0.3, 0.4) is 0 Å². The molecule has 2 N–H and O–H groups in total. The molecule has 0 spiro atoms. The molecule has 1 atom stereocenters. The van der Waals surface area contributed by atoms with Crippen LogP contribution in [0.1, 0.15) is 39.3 Å². The van der Waals surface area contributed by atoms with E-state index in [4.69, 9.17) is 4.74 Å². The Kier molecular flexibility index (Phi) is 7.24. The average molecular weight is 569 g/mol. The summed E-state index contributed by atoms with van der Waals surface area (Å²) in [6, 6.07) is 9.49. The predicted octanol–water partition coefficient (Wildman–Crippen LogP) is 5.29. The van der Waals surface area contributed by atoms with Gasteiger partial charge in [-0.2, -0.15) is 13.2 Å². The average Bonchev–Trinajstić information content (AvgIpc) is 3.58. The molecule has 11 nitrogen and oxygen atoms in total. The molecule has 0 radical (unpaired) electrons. The first kappa shape index (κ1) is 27.8. The molecule has 4 aromatic heterocycles. The number of carbonyl (C=O) groups excluding carboxylic acids is 2. The molecule has 214 valence electrons. The van der Waals surface area contributed by atoms with Gasteiger partial charge in [-0.1, -0.05) is 6.07 Å². The monoisotopic (exact) mass is 568 g/mol. The molecule has 1 fully saturated rings. The molecule has 0 aliphatic carbocycles. The number of aromatic nitrogens is 5. The molecular weight excluding hydrogens is 541 g/mol. The number of hydrogen-bond acceptors (Lipinski definition) is 8. The van der Waals surface area contributed by atoms with Crippen molar-refractivity contribution in [1.29, 1.82) is 0 Å². The van der Waals surface area contributed by atoms with Crippen molar-refractivity contribution in [3.63, 3.8) is 0 Å². The van der Waals surface area contributed by atoms with Crippen molar-refractivity contribution in [2.24, 2.45) is 0 Å². The van der Waals surface area contributed by atoms with E-state index in [2.05, 4.69) is 30.7 Å². The molecule has 2 amide bonds. The lowest BCUT2D eigenvalue weighted by Crippen LogP contribution is -2.45. The largest absolute Gasteiger partial charge is 0.444 e. The van der Waals surface area contributed by atoms with E-state index in [1.807, 2.05) is 0 Å². The summed E-state index contributed by atoms with van der Waals surface area (Å²) >= 11 is 0. The Morgan fingerprint density at radius 3 is 2.63 bits per heavy atom. The van der Waals surface area contributed by atoms with E-state index in [-0.39, 0.29) is 17.3 Å². The van der Waals surface area contributed by atoms with E-state index in [9.17, 15) is 22.8 Å². The Morgan fingerprint density at radius 2 is 1.88 bits per heavy atom. The number of ether oxygens (including phenoxy) is 1. The zero-order valence-corrected chi connectivity index (χ0v) is 22.4. The number of rotatable bonds is 5. The number of hydrogen-bond donors (Lipinski definition) is 2. The van der Waals surface area contributed by atoms with Crippen molar-refractivity contribution in [1.82, 2.24) is 29.5 Å². The normalized spacial score (nSPS) is 15.7. The topological polar surface area (TPSA) is 127 Å². The van der Waals surface area contributed by atoms with Crippen LogP contribution in [0.5, 0.6) is 0 Å². The van der Waals surface area contributed by atoms with Crippen molar-refractivity contribution in [2.75, 3.05) is 17.2 Å². The van der Waals surface area contributed by atoms with Crippen LogP contribution in [0.4, 0.5) is 35.3 Å². The molecule has 41 heavy (non-hydrogen) atoms. The summed E-state index contributed by atoms with van der Waals surface area (Å²) in [7, 11) is 0. The maximum absolute atomic E-state index is 13.2. The van der Waals surface area contributed by atoms with Crippen LogP contribution in [0.15, 0.2) is 54.9 Å². The number of amides is 2. The number of likely N-dealkylation sites (tertiary alicyclic amines) is 1. The summed E-state index contributed by atoms with van der Waals surface area (Å²) in [5, 5.41) is 10.2. The Morgan fingerprint density at radius 1 is 1.07 bits per heavy atom. The highest BCUT2D eigenvalue weighted by atomic mass is 19.4. The minimum atomic E-state index is -4.62. The van der Waals surface area contributed by atoms with Crippen LogP contribution >= 0.6 is 0 Å². The second-order valence-electron chi connectivity index (χ2n) is 10.4. The molecule has 0 saturated carbocycles. The summed E-state index contributed by atoms with van der Waals surface area (Å²) in [5.74, 6) is 0.117. The first-order chi connectivity index (χ1) is 19.4. The van der Waals surface area contributed by atoms with Gasteiger partial charge in [0, 0.05) is 30.7 Å². The van der Waals surface area contributed by atoms with E-state index >= 15 is 0 Å². The van der Waals surface area contributed by atoms with Gasteiger partial charge in [-0.25, -0.2) is 24.3 Å². The van der Waals surface area contributed by atoms with Crippen molar-refractivity contribution in [3.8, 4) is 11.5 Å². The third-order valence-corrected chi connectivity index (χ3v) is 6.12. The van der Waals surface area contributed by atoms with Crippen molar-refractivity contribution in [2.45, 2.75) is 51.4 Å². The summed E-state index contributed by atoms with van der Waals surface area (Å²) in [5.41, 5.74) is -0.737. The van der Waals surface area contributed by atoms with Gasteiger partial charge in [-0.05, 0) is 63.9 Å². The second-order valence-corrected chi connectivity index (χ2v) is 10.4. The summed E-state index contributed by atoms with van der Waals surface area (Å²) in [4.78, 5) is 39.4. The Balaban J connectivity index is 1.36. The number of anilines is 3. The summed E-state index contributed by atoms with van der Waals surface area (Å²) in [6.07, 6.45) is -0.905. The molecule has 1 unspecified atom stereocenters. The number of halogens is 3. The number of alkyl halides is 3. The molecule has 1 aliphatic rings. The van der Waals surface area contributed by atoms with Crippen LogP contribution in [-0.4, -0.2) is 59.7 Å². The zero-order valence-electron chi connectivity index (χ0n) is 22.4. The van der Waals surface area contributed by atoms with Gasteiger partial charge in [0.05, 0.1) is 0 Å². The number of carbonyl (C=O) groups is 2. The van der Waals surface area contributed by atoms with Gasteiger partial charge in [-0.15, -0.1) is 5.10 Å². The SMILES string of the molecule is CC(C)(C)OC(=O)N1CCCC1C(=O)Nc1cc(Nc2nc(-c3cccc(C(F)(F)F)n3)nn3cccc23)ccn1. The molecule has 5 heterocycles. The van der Waals surface area contributed by atoms with Crippen molar-refractivity contribution < 1.29 is 27.5 Å². The van der Waals surface area contributed by atoms with Gasteiger partial charge >= 0.3 is 12.3 Å². The molecule has 5 rings (SSSR count). The number of nitrogens with one attached hydrogen (secondary N) is 2. The molecule has 1 saturated heterocycles. The molecule has 0 bridgehead atoms. The van der Waals surface area contributed by atoms with Crippen LogP contribution in [-0.2, 0) is 15.7 Å². The first-order valence-electron chi connectivity index (χ1n) is 12.8. The van der Waals surface area contributed by atoms with Gasteiger partial charge in [0.2, 0.25) is 11.7 Å². The van der Waals surface area contributed by atoms with E-state index in [1.54, 1.807) is 51.2 Å². The highest BCUT2D eigenvalue weighted by Gasteiger charge is 2.37. The Hall–Kier alpha value is -4.75. The van der Waals surface area contributed by atoms with E-state index in [0.717, 1.165) is 6.07 Å². The second kappa shape index (κ2) is 10.7. The molecule has 14 heteroatoms. The fraction of sp³-hybridized carbons (Fsp3) is 0.333. The molecule has 4 aromatic rings. The van der Waals surface area contributed by atoms with E-state index < -0.39 is 35.5 Å². The highest BCUT2D eigenvalue weighted by Crippen LogP contribution is 2.30. The van der Waals surface area contributed by atoms with Crippen molar-refractivity contribution in [3.05, 3.63) is 60.6 Å². The fourth-order valence-corrected chi connectivity index (χ4v) is 4.35.